The molecule has 0 saturated carbocycles. The van der Waals surface area contributed by atoms with Crippen molar-refractivity contribution in [3.63, 3.8) is 0 Å². The van der Waals surface area contributed by atoms with Gasteiger partial charge in [-0.3, -0.25) is 4.79 Å². The molecule has 2 heterocycles. The Morgan fingerprint density at radius 2 is 2.33 bits per heavy atom. The van der Waals surface area contributed by atoms with Crippen LogP contribution in [0.4, 0.5) is 0 Å². The second-order valence-corrected chi connectivity index (χ2v) is 5.89. The van der Waals surface area contributed by atoms with Gasteiger partial charge in [0, 0.05) is 6.54 Å². The Morgan fingerprint density at radius 3 is 3.00 bits per heavy atom. The molecule has 2 aromatic rings. The number of carboxylic acids is 1. The number of aliphatic carboxylic acids is 1. The van der Waals surface area contributed by atoms with Gasteiger partial charge in [-0.1, -0.05) is 0 Å². The number of nitrogens with one attached hydrogen (secondary N) is 1. The topological polar surface area (TPSA) is 88.2 Å². The van der Waals surface area contributed by atoms with Crippen molar-refractivity contribution in [2.75, 3.05) is 6.54 Å². The summed E-state index contributed by atoms with van der Waals surface area (Å²) in [4.78, 5) is 11.2. The first-order valence-electron chi connectivity index (χ1n) is 5.16. The Kier molecular flexibility index (Phi) is 4.45. The summed E-state index contributed by atoms with van der Waals surface area (Å²) in [5.74, 6) is 0.0813. The third kappa shape index (κ3) is 3.62. The van der Waals surface area contributed by atoms with E-state index in [1.165, 1.54) is 11.3 Å². The molecule has 0 aliphatic heterocycles. The van der Waals surface area contributed by atoms with E-state index in [1.807, 2.05) is 12.1 Å². The molecule has 2 aromatic heterocycles. The zero-order chi connectivity index (χ0) is 13.0. The Balaban J connectivity index is 1.88. The van der Waals surface area contributed by atoms with Crippen LogP contribution in [0.1, 0.15) is 12.3 Å². The van der Waals surface area contributed by atoms with Crippen LogP contribution in [0.3, 0.4) is 0 Å². The minimum Gasteiger partial charge on any atom is -0.481 e. The molecule has 0 aliphatic rings. The predicted octanol–water partition coefficient (Wildman–Crippen LogP) is 2.12. The van der Waals surface area contributed by atoms with Gasteiger partial charge in [-0.05, 0) is 28.1 Å². The normalized spacial score (nSPS) is 10.7. The smallest absolute Gasteiger partial charge is 0.304 e. The quantitative estimate of drug-likeness (QED) is 0.788. The zero-order valence-electron chi connectivity index (χ0n) is 9.22. The van der Waals surface area contributed by atoms with Crippen molar-refractivity contribution in [2.45, 2.75) is 13.0 Å². The standard InChI is InChI=1S/C10H10BrN3O3S/c11-7-2-1-6(18-7)10-14-13-8(17-10)5-12-4-3-9(15)16/h1-2,12H,3-5H2,(H,15,16). The summed E-state index contributed by atoms with van der Waals surface area (Å²) in [5, 5.41) is 19.2. The maximum absolute atomic E-state index is 10.3. The fraction of sp³-hybridized carbons (Fsp3) is 0.300. The Hall–Kier alpha value is -1.25. The second kappa shape index (κ2) is 6.07. The van der Waals surface area contributed by atoms with E-state index in [-0.39, 0.29) is 6.42 Å². The third-order valence-corrected chi connectivity index (χ3v) is 3.65. The van der Waals surface area contributed by atoms with Gasteiger partial charge in [-0.15, -0.1) is 21.5 Å². The van der Waals surface area contributed by atoms with E-state index in [4.69, 9.17) is 9.52 Å². The minimum absolute atomic E-state index is 0.0683. The van der Waals surface area contributed by atoms with Crippen molar-refractivity contribution in [2.24, 2.45) is 0 Å². The summed E-state index contributed by atoms with van der Waals surface area (Å²) in [6, 6.07) is 3.80. The lowest BCUT2D eigenvalue weighted by atomic mass is 10.4. The average Bonchev–Trinajstić information content (AvgIpc) is 2.93. The highest BCUT2D eigenvalue weighted by Crippen LogP contribution is 2.30. The lowest BCUT2D eigenvalue weighted by Gasteiger charge is -1.97. The number of hydrogen-bond donors (Lipinski definition) is 2. The average molecular weight is 332 g/mol. The first-order valence-corrected chi connectivity index (χ1v) is 6.76. The Labute approximate surface area is 115 Å². The van der Waals surface area contributed by atoms with E-state index in [0.717, 1.165) is 8.66 Å². The molecule has 0 unspecified atom stereocenters. The molecule has 0 atom stereocenters. The number of halogens is 1. The van der Waals surface area contributed by atoms with Crippen molar-refractivity contribution < 1.29 is 14.3 Å². The number of aromatic nitrogens is 2. The SMILES string of the molecule is O=C(O)CCNCc1nnc(-c2ccc(Br)s2)o1. The summed E-state index contributed by atoms with van der Waals surface area (Å²) < 4.78 is 6.44. The van der Waals surface area contributed by atoms with Crippen LogP contribution < -0.4 is 5.32 Å². The summed E-state index contributed by atoms with van der Waals surface area (Å²) in [7, 11) is 0. The lowest BCUT2D eigenvalue weighted by Crippen LogP contribution is -2.17. The van der Waals surface area contributed by atoms with E-state index in [9.17, 15) is 4.79 Å². The van der Waals surface area contributed by atoms with Crippen molar-refractivity contribution in [1.29, 1.82) is 0 Å². The van der Waals surface area contributed by atoms with Crippen molar-refractivity contribution in [3.05, 3.63) is 21.8 Å². The first-order chi connectivity index (χ1) is 8.65. The molecular weight excluding hydrogens is 322 g/mol. The van der Waals surface area contributed by atoms with Gasteiger partial charge in [-0.2, -0.15) is 0 Å². The van der Waals surface area contributed by atoms with E-state index in [0.29, 0.717) is 24.9 Å². The van der Waals surface area contributed by atoms with Crippen LogP contribution in [0.5, 0.6) is 0 Å². The van der Waals surface area contributed by atoms with Crippen molar-refractivity contribution >= 4 is 33.2 Å². The molecule has 18 heavy (non-hydrogen) atoms. The first kappa shape index (κ1) is 13.2. The van der Waals surface area contributed by atoms with Gasteiger partial charge in [-0.25, -0.2) is 0 Å². The molecular formula is C10H10BrN3O3S. The van der Waals surface area contributed by atoms with Crippen LogP contribution in [-0.2, 0) is 11.3 Å². The molecule has 0 aromatic carbocycles. The van der Waals surface area contributed by atoms with Crippen LogP contribution in [0.25, 0.3) is 10.8 Å². The van der Waals surface area contributed by atoms with E-state index >= 15 is 0 Å². The van der Waals surface area contributed by atoms with Crippen molar-refractivity contribution in [1.82, 2.24) is 15.5 Å². The maximum Gasteiger partial charge on any atom is 0.304 e. The highest BCUT2D eigenvalue weighted by atomic mass is 79.9. The second-order valence-electron chi connectivity index (χ2n) is 3.43. The number of carboxylic acid groups (broad SMARTS) is 1. The van der Waals surface area contributed by atoms with Gasteiger partial charge in [0.25, 0.3) is 5.89 Å². The van der Waals surface area contributed by atoms with Crippen LogP contribution >= 0.6 is 27.3 Å². The predicted molar refractivity (Wildman–Crippen MR) is 69.3 cm³/mol. The van der Waals surface area contributed by atoms with Gasteiger partial charge in [0.05, 0.1) is 21.6 Å². The Bertz CT molecular complexity index is 540. The third-order valence-electron chi connectivity index (χ3n) is 2.04. The van der Waals surface area contributed by atoms with Gasteiger partial charge in [0.15, 0.2) is 0 Å². The molecule has 0 saturated heterocycles. The summed E-state index contributed by atoms with van der Waals surface area (Å²) >= 11 is 4.87. The molecule has 96 valence electrons. The number of thiophene rings is 1. The minimum atomic E-state index is -0.836. The highest BCUT2D eigenvalue weighted by Gasteiger charge is 2.10. The van der Waals surface area contributed by atoms with Crippen LogP contribution in [0, 0.1) is 0 Å². The molecule has 0 radical (unpaired) electrons. The number of rotatable bonds is 6. The molecule has 0 aliphatic carbocycles. The molecule has 2 rings (SSSR count). The fourth-order valence-corrected chi connectivity index (χ4v) is 2.55. The van der Waals surface area contributed by atoms with Crippen LogP contribution in [0.2, 0.25) is 0 Å². The molecule has 8 heteroatoms. The summed E-state index contributed by atoms with van der Waals surface area (Å²) in [5.41, 5.74) is 0. The van der Waals surface area contributed by atoms with Gasteiger partial charge < -0.3 is 14.8 Å². The largest absolute Gasteiger partial charge is 0.481 e. The Morgan fingerprint density at radius 1 is 1.50 bits per heavy atom. The van der Waals surface area contributed by atoms with Crippen LogP contribution in [-0.4, -0.2) is 27.8 Å². The molecule has 0 amide bonds. The van der Waals surface area contributed by atoms with Gasteiger partial charge in [0.2, 0.25) is 5.89 Å². The fourth-order valence-electron chi connectivity index (χ4n) is 1.24. The molecule has 0 bridgehead atoms. The summed E-state index contributed by atoms with van der Waals surface area (Å²) in [6.45, 7) is 0.740. The summed E-state index contributed by atoms with van der Waals surface area (Å²) in [6.07, 6.45) is 0.0683. The number of hydrogen-bond acceptors (Lipinski definition) is 6. The van der Waals surface area contributed by atoms with Crippen LogP contribution in [0.15, 0.2) is 20.3 Å². The maximum atomic E-state index is 10.3. The molecule has 0 fully saturated rings. The zero-order valence-corrected chi connectivity index (χ0v) is 11.6. The van der Waals surface area contributed by atoms with E-state index < -0.39 is 5.97 Å². The van der Waals surface area contributed by atoms with Gasteiger partial charge in [0.1, 0.15) is 0 Å². The van der Waals surface area contributed by atoms with Gasteiger partial charge >= 0.3 is 5.97 Å². The van der Waals surface area contributed by atoms with E-state index in [2.05, 4.69) is 31.4 Å². The van der Waals surface area contributed by atoms with E-state index in [1.54, 1.807) is 0 Å². The lowest BCUT2D eigenvalue weighted by molar-refractivity contribution is -0.136. The van der Waals surface area contributed by atoms with Crippen molar-refractivity contribution in [3.8, 4) is 10.8 Å². The number of carbonyl (C=O) groups is 1. The molecule has 0 spiro atoms. The monoisotopic (exact) mass is 331 g/mol. The molecule has 6 nitrogen and oxygen atoms in total. The number of nitrogens with zero attached hydrogens (tertiary/aromatic N) is 2. The highest BCUT2D eigenvalue weighted by molar-refractivity contribution is 9.11. The molecule has 2 N–H and O–H groups in total.